The summed E-state index contributed by atoms with van der Waals surface area (Å²) in [7, 11) is 0. The number of hydrogen-bond donors (Lipinski definition) is 1. The smallest absolute Gasteiger partial charge is 0.182 e. The van der Waals surface area contributed by atoms with Gasteiger partial charge < -0.3 is 5.73 Å². The number of rotatable bonds is 1. The van der Waals surface area contributed by atoms with Crippen LogP contribution in [0.1, 0.15) is 0 Å². The van der Waals surface area contributed by atoms with Crippen LogP contribution in [0.25, 0.3) is 21.7 Å². The molecular weight excluding hydrogens is 228 g/mol. The van der Waals surface area contributed by atoms with Crippen molar-refractivity contribution < 1.29 is 0 Å². The van der Waals surface area contributed by atoms with E-state index in [4.69, 9.17) is 5.73 Å². The Morgan fingerprint density at radius 2 is 2.20 bits per heavy atom. The molecule has 0 fully saturated rings. The Morgan fingerprint density at radius 1 is 1.27 bits per heavy atom. The van der Waals surface area contributed by atoms with E-state index in [0.717, 1.165) is 15.9 Å². The summed E-state index contributed by atoms with van der Waals surface area (Å²) in [6, 6.07) is 1.93. The van der Waals surface area contributed by atoms with Gasteiger partial charge in [-0.15, -0.1) is 22.7 Å². The van der Waals surface area contributed by atoms with E-state index in [9.17, 15) is 0 Å². The van der Waals surface area contributed by atoms with Crippen molar-refractivity contribution in [2.75, 3.05) is 5.73 Å². The van der Waals surface area contributed by atoms with E-state index in [1.54, 1.807) is 16.8 Å². The number of nitrogens with zero attached hydrogens (tertiary/aromatic N) is 3. The number of aromatic nitrogens is 3. The molecule has 4 nitrogen and oxygen atoms in total. The van der Waals surface area contributed by atoms with Crippen molar-refractivity contribution in [2.24, 2.45) is 0 Å². The van der Waals surface area contributed by atoms with Crippen molar-refractivity contribution in [3.8, 4) is 11.5 Å². The molecular formula is C9H6N4S2. The standard InChI is InChI=1S/C9H6N4S2/c10-7-5-1-2-15-9(5)13-8(12-7)6-3-14-4-11-6/h1-4H,(H2,10,12,13). The number of thiazole rings is 1. The van der Waals surface area contributed by atoms with Gasteiger partial charge in [0.2, 0.25) is 0 Å². The molecule has 0 unspecified atom stereocenters. The third-order valence-electron chi connectivity index (χ3n) is 2.02. The topological polar surface area (TPSA) is 64.7 Å². The fourth-order valence-corrected chi connectivity index (χ4v) is 2.62. The van der Waals surface area contributed by atoms with Crippen molar-refractivity contribution in [1.29, 1.82) is 0 Å². The van der Waals surface area contributed by atoms with Gasteiger partial charge in [-0.1, -0.05) is 0 Å². The second-order valence-electron chi connectivity index (χ2n) is 2.95. The molecule has 15 heavy (non-hydrogen) atoms. The first-order valence-corrected chi connectivity index (χ1v) is 6.06. The van der Waals surface area contributed by atoms with E-state index in [0.29, 0.717) is 11.6 Å². The van der Waals surface area contributed by atoms with Crippen LogP contribution in [-0.4, -0.2) is 15.0 Å². The zero-order valence-electron chi connectivity index (χ0n) is 7.54. The minimum absolute atomic E-state index is 0.518. The molecule has 0 aliphatic rings. The number of hydrogen-bond acceptors (Lipinski definition) is 6. The predicted octanol–water partition coefficient (Wildman–Crippen LogP) is 2.40. The lowest BCUT2D eigenvalue weighted by molar-refractivity contribution is 1.21. The first kappa shape index (κ1) is 8.75. The molecule has 0 radical (unpaired) electrons. The van der Waals surface area contributed by atoms with Crippen LogP contribution in [0, 0.1) is 0 Å². The van der Waals surface area contributed by atoms with Crippen LogP contribution >= 0.6 is 22.7 Å². The molecule has 0 spiro atoms. The molecule has 74 valence electrons. The highest BCUT2D eigenvalue weighted by Crippen LogP contribution is 2.26. The summed E-state index contributed by atoms with van der Waals surface area (Å²) in [6.07, 6.45) is 0. The molecule has 6 heteroatoms. The summed E-state index contributed by atoms with van der Waals surface area (Å²) < 4.78 is 0. The van der Waals surface area contributed by atoms with E-state index in [2.05, 4.69) is 15.0 Å². The van der Waals surface area contributed by atoms with Gasteiger partial charge in [0.15, 0.2) is 5.82 Å². The van der Waals surface area contributed by atoms with Gasteiger partial charge in [0, 0.05) is 5.38 Å². The Labute approximate surface area is 93.4 Å². The minimum Gasteiger partial charge on any atom is -0.383 e. The zero-order chi connectivity index (χ0) is 10.3. The molecule has 2 N–H and O–H groups in total. The lowest BCUT2D eigenvalue weighted by Crippen LogP contribution is -1.95. The average Bonchev–Trinajstić information content (AvgIpc) is 2.88. The molecule has 0 aliphatic carbocycles. The number of thiophene rings is 1. The van der Waals surface area contributed by atoms with E-state index in [1.807, 2.05) is 16.8 Å². The van der Waals surface area contributed by atoms with Crippen LogP contribution in [0.3, 0.4) is 0 Å². The van der Waals surface area contributed by atoms with Gasteiger partial charge in [-0.2, -0.15) is 0 Å². The minimum atomic E-state index is 0.518. The van der Waals surface area contributed by atoms with Gasteiger partial charge in [0.1, 0.15) is 16.3 Å². The molecule has 0 aromatic carbocycles. The molecule has 3 heterocycles. The maximum absolute atomic E-state index is 5.84. The average molecular weight is 234 g/mol. The van der Waals surface area contributed by atoms with Crippen LogP contribution in [0.15, 0.2) is 22.3 Å². The monoisotopic (exact) mass is 234 g/mol. The molecule has 0 saturated heterocycles. The number of nitrogens with two attached hydrogens (primary N) is 1. The van der Waals surface area contributed by atoms with E-state index in [-0.39, 0.29) is 0 Å². The molecule has 0 bridgehead atoms. The lowest BCUT2D eigenvalue weighted by Gasteiger charge is -1.98. The van der Waals surface area contributed by atoms with Crippen LogP contribution in [0.2, 0.25) is 0 Å². The van der Waals surface area contributed by atoms with Gasteiger partial charge in [0.25, 0.3) is 0 Å². The predicted molar refractivity (Wildman–Crippen MR) is 62.9 cm³/mol. The molecule has 0 aliphatic heterocycles. The maximum atomic E-state index is 5.84. The number of fused-ring (bicyclic) bond motifs is 1. The summed E-state index contributed by atoms with van der Waals surface area (Å²) >= 11 is 3.08. The van der Waals surface area contributed by atoms with Crippen molar-refractivity contribution in [3.63, 3.8) is 0 Å². The Balaban J connectivity index is 2.29. The maximum Gasteiger partial charge on any atom is 0.182 e. The molecule has 3 aromatic rings. The first-order chi connectivity index (χ1) is 7.34. The van der Waals surface area contributed by atoms with Crippen molar-refractivity contribution in [1.82, 2.24) is 15.0 Å². The summed E-state index contributed by atoms with van der Waals surface area (Å²) in [4.78, 5) is 13.7. The van der Waals surface area contributed by atoms with Crippen LogP contribution in [-0.2, 0) is 0 Å². The Kier molecular flexibility index (Phi) is 1.90. The molecule has 3 aromatic heterocycles. The largest absolute Gasteiger partial charge is 0.383 e. The molecule has 0 amide bonds. The van der Waals surface area contributed by atoms with Gasteiger partial charge >= 0.3 is 0 Å². The van der Waals surface area contributed by atoms with Crippen LogP contribution in [0.5, 0.6) is 0 Å². The molecule has 0 atom stereocenters. The van der Waals surface area contributed by atoms with E-state index in [1.165, 1.54) is 11.3 Å². The zero-order valence-corrected chi connectivity index (χ0v) is 9.18. The third kappa shape index (κ3) is 1.38. The Bertz CT molecular complexity index is 600. The first-order valence-electron chi connectivity index (χ1n) is 4.24. The summed E-state index contributed by atoms with van der Waals surface area (Å²) in [6.45, 7) is 0. The van der Waals surface area contributed by atoms with Gasteiger partial charge in [-0.05, 0) is 11.4 Å². The van der Waals surface area contributed by atoms with Gasteiger partial charge in [-0.3, -0.25) is 0 Å². The van der Waals surface area contributed by atoms with Crippen molar-refractivity contribution in [2.45, 2.75) is 0 Å². The molecule has 3 rings (SSSR count). The summed E-state index contributed by atoms with van der Waals surface area (Å²) in [5, 5.41) is 4.79. The highest BCUT2D eigenvalue weighted by Gasteiger charge is 2.08. The van der Waals surface area contributed by atoms with Gasteiger partial charge in [0.05, 0.1) is 10.9 Å². The van der Waals surface area contributed by atoms with Gasteiger partial charge in [-0.25, -0.2) is 15.0 Å². The van der Waals surface area contributed by atoms with Crippen molar-refractivity contribution >= 4 is 38.7 Å². The third-order valence-corrected chi connectivity index (χ3v) is 3.41. The number of anilines is 1. The SMILES string of the molecule is Nc1nc(-c2cscn2)nc2sccc12. The quantitative estimate of drug-likeness (QED) is 0.702. The highest BCUT2D eigenvalue weighted by molar-refractivity contribution is 7.16. The molecule has 0 saturated carbocycles. The second kappa shape index (κ2) is 3.25. The fraction of sp³-hybridized carbons (Fsp3) is 0. The Hall–Kier alpha value is -1.53. The fourth-order valence-electron chi connectivity index (χ4n) is 1.32. The van der Waals surface area contributed by atoms with E-state index >= 15 is 0 Å². The summed E-state index contributed by atoms with van der Waals surface area (Å²) in [5.74, 6) is 1.12. The Morgan fingerprint density at radius 3 is 3.00 bits per heavy atom. The van der Waals surface area contributed by atoms with Crippen LogP contribution in [0.4, 0.5) is 5.82 Å². The number of nitrogen functional groups attached to an aromatic ring is 1. The van der Waals surface area contributed by atoms with Crippen molar-refractivity contribution in [3.05, 3.63) is 22.3 Å². The highest BCUT2D eigenvalue weighted by atomic mass is 32.1. The lowest BCUT2D eigenvalue weighted by atomic mass is 10.3. The second-order valence-corrected chi connectivity index (χ2v) is 4.56. The normalized spacial score (nSPS) is 10.9. The summed E-state index contributed by atoms with van der Waals surface area (Å²) in [5.41, 5.74) is 8.38. The van der Waals surface area contributed by atoms with E-state index < -0.39 is 0 Å². The van der Waals surface area contributed by atoms with Crippen LogP contribution < -0.4 is 5.73 Å².